The van der Waals surface area contributed by atoms with Gasteiger partial charge in [-0.25, -0.2) is 13.1 Å². The lowest BCUT2D eigenvalue weighted by molar-refractivity contribution is -0.141. The fourth-order valence-electron chi connectivity index (χ4n) is 2.11. The topological polar surface area (TPSA) is 64.0 Å². The largest absolute Gasteiger partial charge is 0.435 e. The van der Waals surface area contributed by atoms with Gasteiger partial charge in [0.2, 0.25) is 0 Å². The van der Waals surface area contributed by atoms with Crippen molar-refractivity contribution in [1.82, 2.24) is 9.78 Å². The highest BCUT2D eigenvalue weighted by Gasteiger charge is 2.33. The molecule has 0 atom stereocenters. The maximum absolute atomic E-state index is 12.6. The van der Waals surface area contributed by atoms with Crippen LogP contribution in [0, 0.1) is 0 Å². The number of sulfonamides is 1. The summed E-state index contributed by atoms with van der Waals surface area (Å²) in [5.41, 5.74) is -0.338. The van der Waals surface area contributed by atoms with Crippen molar-refractivity contribution in [1.29, 1.82) is 0 Å². The van der Waals surface area contributed by atoms with E-state index in [1.54, 1.807) is 18.2 Å². The summed E-state index contributed by atoms with van der Waals surface area (Å²) >= 11 is 0. The molecule has 0 radical (unpaired) electrons. The Morgan fingerprint density at radius 2 is 1.56 bits per heavy atom. The van der Waals surface area contributed by atoms with E-state index >= 15 is 0 Å². The summed E-state index contributed by atoms with van der Waals surface area (Å²) in [5.74, 6) is 0. The molecule has 2 aromatic carbocycles. The van der Waals surface area contributed by atoms with Crippen molar-refractivity contribution in [2.75, 3.05) is 4.72 Å². The number of anilines is 1. The Morgan fingerprint density at radius 1 is 0.920 bits per heavy atom. The van der Waals surface area contributed by atoms with E-state index in [-0.39, 0.29) is 10.6 Å². The van der Waals surface area contributed by atoms with E-state index in [0.717, 1.165) is 10.7 Å². The number of alkyl halides is 3. The van der Waals surface area contributed by atoms with Crippen LogP contribution in [-0.4, -0.2) is 18.2 Å². The third-order valence-electron chi connectivity index (χ3n) is 3.32. The Bertz CT molecular complexity index is 966. The summed E-state index contributed by atoms with van der Waals surface area (Å²) in [7, 11) is -3.73. The van der Waals surface area contributed by atoms with Crippen LogP contribution in [0.25, 0.3) is 5.69 Å². The minimum atomic E-state index is -4.52. The van der Waals surface area contributed by atoms with Gasteiger partial charge in [-0.3, -0.25) is 4.72 Å². The second-order valence-corrected chi connectivity index (χ2v) is 6.79. The fourth-order valence-corrected chi connectivity index (χ4v) is 3.19. The predicted molar refractivity (Wildman–Crippen MR) is 85.8 cm³/mol. The molecule has 0 unspecified atom stereocenters. The quantitative estimate of drug-likeness (QED) is 0.765. The molecule has 0 fully saturated rings. The maximum Gasteiger partial charge on any atom is 0.435 e. The first kappa shape index (κ1) is 17.0. The third kappa shape index (κ3) is 3.82. The number of benzene rings is 2. The number of hydrogen-bond donors (Lipinski definition) is 1. The van der Waals surface area contributed by atoms with Gasteiger partial charge in [0.25, 0.3) is 10.0 Å². The molecule has 9 heteroatoms. The molecule has 1 aromatic heterocycles. The Labute approximate surface area is 141 Å². The first-order valence-electron chi connectivity index (χ1n) is 7.07. The van der Waals surface area contributed by atoms with Gasteiger partial charge in [-0.2, -0.15) is 18.3 Å². The highest BCUT2D eigenvalue weighted by atomic mass is 32.2. The van der Waals surface area contributed by atoms with Gasteiger partial charge >= 0.3 is 6.18 Å². The minimum absolute atomic E-state index is 0.112. The molecular formula is C16H12F3N3O2S. The highest BCUT2D eigenvalue weighted by Crippen LogP contribution is 2.28. The first-order chi connectivity index (χ1) is 11.8. The molecule has 3 aromatic rings. The molecule has 0 bridgehead atoms. The van der Waals surface area contributed by atoms with E-state index < -0.39 is 21.9 Å². The second-order valence-electron chi connectivity index (χ2n) is 5.11. The molecule has 0 amide bonds. The molecule has 1 N–H and O–H groups in total. The first-order valence-corrected chi connectivity index (χ1v) is 8.55. The van der Waals surface area contributed by atoms with Gasteiger partial charge in [0.15, 0.2) is 5.69 Å². The van der Waals surface area contributed by atoms with Gasteiger partial charge in [0, 0.05) is 11.9 Å². The second kappa shape index (κ2) is 6.25. The third-order valence-corrected chi connectivity index (χ3v) is 4.71. The van der Waals surface area contributed by atoms with Crippen molar-refractivity contribution >= 4 is 15.7 Å². The lowest BCUT2D eigenvalue weighted by Gasteiger charge is -2.09. The van der Waals surface area contributed by atoms with Crippen LogP contribution in [0.1, 0.15) is 5.69 Å². The molecule has 25 heavy (non-hydrogen) atoms. The summed E-state index contributed by atoms with van der Waals surface area (Å²) in [6, 6.07) is 14.5. The summed E-state index contributed by atoms with van der Waals surface area (Å²) < 4.78 is 65.6. The smallest absolute Gasteiger partial charge is 0.280 e. The van der Waals surface area contributed by atoms with Gasteiger partial charge in [-0.1, -0.05) is 18.2 Å². The van der Waals surface area contributed by atoms with Gasteiger partial charge in [-0.15, -0.1) is 0 Å². The van der Waals surface area contributed by atoms with Gasteiger partial charge in [-0.05, 0) is 42.5 Å². The van der Waals surface area contributed by atoms with Crippen LogP contribution < -0.4 is 4.72 Å². The van der Waals surface area contributed by atoms with Gasteiger partial charge in [0.05, 0.1) is 10.6 Å². The summed E-state index contributed by atoms with van der Waals surface area (Å²) in [4.78, 5) is 0.112. The molecule has 0 saturated carbocycles. The Kier molecular flexibility index (Phi) is 4.25. The van der Waals surface area contributed by atoms with E-state index in [2.05, 4.69) is 9.82 Å². The van der Waals surface area contributed by atoms with E-state index in [4.69, 9.17) is 0 Å². The van der Waals surface area contributed by atoms with Gasteiger partial charge < -0.3 is 0 Å². The van der Waals surface area contributed by atoms with Crippen LogP contribution >= 0.6 is 0 Å². The van der Waals surface area contributed by atoms with Crippen molar-refractivity contribution in [3.05, 3.63) is 72.6 Å². The average molecular weight is 367 g/mol. The average Bonchev–Trinajstić information content (AvgIpc) is 3.06. The number of hydrogen-bond acceptors (Lipinski definition) is 3. The number of aromatic nitrogens is 2. The molecule has 5 nitrogen and oxygen atoms in total. The van der Waals surface area contributed by atoms with Crippen LogP contribution in [-0.2, 0) is 16.2 Å². The molecule has 0 aliphatic rings. The van der Waals surface area contributed by atoms with E-state index in [1.807, 2.05) is 0 Å². The Hall–Kier alpha value is -2.81. The lowest BCUT2D eigenvalue weighted by atomic mass is 10.3. The molecule has 0 spiro atoms. The number of halogens is 3. The summed E-state index contributed by atoms with van der Waals surface area (Å²) in [5, 5.41) is 3.46. The fraction of sp³-hybridized carbons (Fsp3) is 0.0625. The number of rotatable bonds is 4. The Morgan fingerprint density at radius 3 is 2.12 bits per heavy atom. The molecule has 1 heterocycles. The van der Waals surface area contributed by atoms with Crippen molar-refractivity contribution in [3.8, 4) is 5.69 Å². The molecular weight excluding hydrogens is 355 g/mol. The highest BCUT2D eigenvalue weighted by molar-refractivity contribution is 7.92. The van der Waals surface area contributed by atoms with Gasteiger partial charge in [0.1, 0.15) is 0 Å². The van der Waals surface area contributed by atoms with Crippen LogP contribution in [0.4, 0.5) is 18.9 Å². The molecule has 3 rings (SSSR count). The van der Waals surface area contributed by atoms with Crippen LogP contribution in [0.15, 0.2) is 71.8 Å². The van der Waals surface area contributed by atoms with Crippen molar-refractivity contribution in [2.45, 2.75) is 11.1 Å². The maximum atomic E-state index is 12.6. The van der Waals surface area contributed by atoms with Crippen molar-refractivity contribution in [3.63, 3.8) is 0 Å². The molecule has 0 saturated heterocycles. The number of nitrogens with one attached hydrogen (secondary N) is 1. The SMILES string of the molecule is O=S(=O)(Nc1ccc(-n2ccc(C(F)(F)F)n2)cc1)c1ccccc1. The van der Waals surface area contributed by atoms with Crippen LogP contribution in [0.2, 0.25) is 0 Å². The Balaban J connectivity index is 1.80. The zero-order valence-corrected chi connectivity index (χ0v) is 13.4. The van der Waals surface area contributed by atoms with Crippen LogP contribution in [0.5, 0.6) is 0 Å². The normalized spacial score (nSPS) is 12.1. The van der Waals surface area contributed by atoms with E-state index in [0.29, 0.717) is 5.69 Å². The standard InChI is InChI=1S/C16H12F3N3O2S/c17-16(18,19)15-10-11-22(20-15)13-8-6-12(7-9-13)21-25(23,24)14-4-2-1-3-5-14/h1-11,21H. The minimum Gasteiger partial charge on any atom is -0.280 e. The summed E-state index contributed by atoms with van der Waals surface area (Å²) in [6.07, 6.45) is -3.33. The zero-order valence-electron chi connectivity index (χ0n) is 12.6. The van der Waals surface area contributed by atoms with E-state index in [9.17, 15) is 21.6 Å². The predicted octanol–water partition coefficient (Wildman–Crippen LogP) is 3.69. The molecule has 0 aliphatic heterocycles. The summed E-state index contributed by atoms with van der Waals surface area (Å²) in [6.45, 7) is 0. The number of nitrogens with zero attached hydrogens (tertiary/aromatic N) is 2. The van der Waals surface area contributed by atoms with Crippen LogP contribution in [0.3, 0.4) is 0 Å². The zero-order chi connectivity index (χ0) is 18.1. The monoisotopic (exact) mass is 367 g/mol. The lowest BCUT2D eigenvalue weighted by Crippen LogP contribution is -2.12. The van der Waals surface area contributed by atoms with E-state index in [1.165, 1.54) is 42.6 Å². The molecule has 0 aliphatic carbocycles. The van der Waals surface area contributed by atoms with Crippen molar-refractivity contribution in [2.24, 2.45) is 0 Å². The molecule has 130 valence electrons. The van der Waals surface area contributed by atoms with Crippen molar-refractivity contribution < 1.29 is 21.6 Å².